The van der Waals surface area contributed by atoms with E-state index < -0.39 is 0 Å². The summed E-state index contributed by atoms with van der Waals surface area (Å²) in [4.78, 5) is 11.0. The van der Waals surface area contributed by atoms with Gasteiger partial charge in [0, 0.05) is 114 Å². The fraction of sp³-hybridized carbons (Fsp3) is 0. The average molecular weight is 1500 g/mol. The van der Waals surface area contributed by atoms with E-state index in [0.29, 0.717) is 0 Å². The number of fused-ring (bicyclic) bond motifs is 25. The number of nitrogens with zero attached hydrogens (tertiary/aromatic N) is 3. The van der Waals surface area contributed by atoms with E-state index in [1.165, 1.54) is 235 Å². The van der Waals surface area contributed by atoms with Gasteiger partial charge in [0.15, 0.2) is 0 Å². The van der Waals surface area contributed by atoms with Crippen molar-refractivity contribution in [3.63, 3.8) is 0 Å². The summed E-state index contributed by atoms with van der Waals surface area (Å²) in [6.45, 7) is 0. The van der Waals surface area contributed by atoms with Gasteiger partial charge in [-0.3, -0.25) is 0 Å². The molecule has 0 spiro atoms. The molecule has 6 heterocycles. The third kappa shape index (κ3) is 10.6. The lowest BCUT2D eigenvalue weighted by Crippen LogP contribution is -1.95. The van der Waals surface area contributed by atoms with Crippen LogP contribution in [0.4, 0.5) is 0 Å². The standard InChI is InChI=1S/C40H26N2.C38H24N2.C34H22N2/c1-2-10-26(11-3-1)27-18-21-29(22-19-27)42-38-17-9-7-14-32(38)35-24-28(20-23-39(35)42)34-25-36-31-13-6-8-16-37(31)41-40(36)33-15-5-4-12-30(33)34;1-2-12-26-24(10-1)11-9-19-35(26)40-36-18-8-6-15-29(36)32-22-25(20-21-37(32)40)31-23-33-28-14-5-7-17-34(28)39-38(33)30-16-4-3-13-27(30)31;1-2-10-23(11-3-1)36-32-17-9-7-14-26(32)29-20-22(18-19-33(29)36)28-21-30-25-13-6-8-16-31(25)35-34(30)27-15-5-4-12-24(27)28/h1-25,41H;1-23,39H;1-21,35H. The zero-order valence-corrected chi connectivity index (χ0v) is 64.2. The molecular formula is C112H72N6. The predicted molar refractivity (Wildman–Crippen MR) is 502 cm³/mol. The van der Waals surface area contributed by atoms with Crippen LogP contribution < -0.4 is 0 Å². The van der Waals surface area contributed by atoms with Gasteiger partial charge >= 0.3 is 0 Å². The van der Waals surface area contributed by atoms with E-state index in [-0.39, 0.29) is 0 Å². The molecule has 118 heavy (non-hydrogen) atoms. The Labute approximate surface area is 678 Å². The molecule has 26 rings (SSSR count). The molecule has 6 aromatic heterocycles. The van der Waals surface area contributed by atoms with Gasteiger partial charge < -0.3 is 28.7 Å². The van der Waals surface area contributed by atoms with Crippen molar-refractivity contribution < 1.29 is 0 Å². The number of para-hydroxylation sites is 7. The van der Waals surface area contributed by atoms with Crippen LogP contribution in [-0.4, -0.2) is 28.7 Å². The lowest BCUT2D eigenvalue weighted by Gasteiger charge is -2.12. The first-order chi connectivity index (χ1) is 58.5. The summed E-state index contributed by atoms with van der Waals surface area (Å²) in [5.74, 6) is 0. The number of hydrogen-bond acceptors (Lipinski definition) is 0. The third-order valence-corrected chi connectivity index (χ3v) is 24.8. The van der Waals surface area contributed by atoms with Crippen molar-refractivity contribution in [1.82, 2.24) is 28.7 Å². The van der Waals surface area contributed by atoms with Crippen LogP contribution in [0.2, 0.25) is 0 Å². The summed E-state index contributed by atoms with van der Waals surface area (Å²) in [6.07, 6.45) is 0. The Kier molecular flexibility index (Phi) is 15.3. The number of aromatic nitrogens is 6. The first kappa shape index (κ1) is 66.8. The summed E-state index contributed by atoms with van der Waals surface area (Å²) in [7, 11) is 0. The minimum absolute atomic E-state index is 1.17. The molecule has 0 aliphatic heterocycles. The third-order valence-electron chi connectivity index (χ3n) is 24.8. The molecule has 0 bridgehead atoms. The van der Waals surface area contributed by atoms with Crippen molar-refractivity contribution in [2.45, 2.75) is 0 Å². The van der Waals surface area contributed by atoms with Gasteiger partial charge in [-0.15, -0.1) is 0 Å². The van der Waals surface area contributed by atoms with Crippen molar-refractivity contribution in [2.24, 2.45) is 0 Å². The second-order valence-corrected chi connectivity index (χ2v) is 31.2. The van der Waals surface area contributed by atoms with Crippen LogP contribution in [0.5, 0.6) is 0 Å². The van der Waals surface area contributed by atoms with Gasteiger partial charge in [0.2, 0.25) is 0 Å². The summed E-state index contributed by atoms with van der Waals surface area (Å²) >= 11 is 0. The Hall–Kier alpha value is -15.8. The summed E-state index contributed by atoms with van der Waals surface area (Å²) < 4.78 is 7.19. The van der Waals surface area contributed by atoms with E-state index in [4.69, 9.17) is 0 Å². The summed E-state index contributed by atoms with van der Waals surface area (Å²) in [6, 6.07) is 152. The molecule has 0 radical (unpaired) electrons. The number of rotatable bonds is 7. The molecule has 6 heteroatoms. The fourth-order valence-electron chi connectivity index (χ4n) is 19.4. The lowest BCUT2D eigenvalue weighted by atomic mass is 9.94. The molecule has 6 nitrogen and oxygen atoms in total. The molecular weight excluding hydrogens is 1430 g/mol. The first-order valence-corrected chi connectivity index (χ1v) is 40.6. The quantitative estimate of drug-likeness (QED) is 0.142. The van der Waals surface area contributed by atoms with E-state index in [1.807, 2.05) is 0 Å². The maximum absolute atomic E-state index is 3.69. The first-order valence-electron chi connectivity index (χ1n) is 40.6. The monoisotopic (exact) mass is 1500 g/mol. The van der Waals surface area contributed by atoms with E-state index in [1.54, 1.807) is 0 Å². The summed E-state index contributed by atoms with van der Waals surface area (Å²) in [5, 5.41) is 25.3. The molecule has 0 aliphatic carbocycles. The van der Waals surface area contributed by atoms with Gasteiger partial charge in [0.1, 0.15) is 0 Å². The van der Waals surface area contributed by atoms with Gasteiger partial charge in [-0.1, -0.05) is 297 Å². The molecule has 3 N–H and O–H groups in total. The fourth-order valence-corrected chi connectivity index (χ4v) is 19.4. The minimum Gasteiger partial charge on any atom is -0.354 e. The largest absolute Gasteiger partial charge is 0.354 e. The maximum atomic E-state index is 3.69. The van der Waals surface area contributed by atoms with Crippen molar-refractivity contribution in [3.05, 3.63) is 419 Å². The topological polar surface area (TPSA) is 62.2 Å². The van der Waals surface area contributed by atoms with Crippen molar-refractivity contribution >= 4 is 174 Å². The highest BCUT2D eigenvalue weighted by molar-refractivity contribution is 6.25. The predicted octanol–water partition coefficient (Wildman–Crippen LogP) is 30.5. The van der Waals surface area contributed by atoms with Crippen molar-refractivity contribution in [1.29, 1.82) is 0 Å². The number of H-pyrrole nitrogens is 3. The van der Waals surface area contributed by atoms with Crippen LogP contribution in [0.1, 0.15) is 0 Å². The van der Waals surface area contributed by atoms with Crippen LogP contribution in [0, 0.1) is 0 Å². The molecule has 0 amide bonds. The Bertz CT molecular complexity index is 8550. The molecule has 550 valence electrons. The molecule has 0 saturated carbocycles. The van der Waals surface area contributed by atoms with Gasteiger partial charge in [-0.2, -0.15) is 0 Å². The normalized spacial score (nSPS) is 11.9. The zero-order valence-electron chi connectivity index (χ0n) is 64.2. The second-order valence-electron chi connectivity index (χ2n) is 31.2. The molecule has 0 atom stereocenters. The highest BCUT2D eigenvalue weighted by atomic mass is 15.0. The highest BCUT2D eigenvalue weighted by Crippen LogP contribution is 2.46. The molecule has 26 aromatic rings. The Morgan fingerprint density at radius 3 is 0.864 bits per heavy atom. The Morgan fingerprint density at radius 2 is 0.441 bits per heavy atom. The van der Waals surface area contributed by atoms with Crippen LogP contribution in [0.3, 0.4) is 0 Å². The molecule has 20 aromatic carbocycles. The van der Waals surface area contributed by atoms with Crippen molar-refractivity contribution in [2.75, 3.05) is 0 Å². The maximum Gasteiger partial charge on any atom is 0.0544 e. The van der Waals surface area contributed by atoms with Gasteiger partial charge in [0.25, 0.3) is 0 Å². The Morgan fingerprint density at radius 1 is 0.153 bits per heavy atom. The van der Waals surface area contributed by atoms with E-state index >= 15 is 0 Å². The SMILES string of the molecule is c1ccc(-c2ccc(-n3c4ccccc4c4cc(-c5cc6c7ccccc7[nH]c6c6ccccc56)ccc43)cc2)cc1.c1ccc(-n2c3ccccc3c3cc(-c4cc5c6ccccc6[nH]c5c5ccccc45)ccc32)cc1.c1ccc2c(-n3c4ccccc4c4cc(-c5cc6c7ccccc7[nH]c6c6ccccc56)ccc43)cccc2c1. The van der Waals surface area contributed by atoms with Crippen LogP contribution in [0.15, 0.2) is 419 Å². The minimum atomic E-state index is 1.17. The van der Waals surface area contributed by atoms with E-state index in [9.17, 15) is 0 Å². The number of nitrogens with one attached hydrogen (secondary N) is 3. The van der Waals surface area contributed by atoms with Gasteiger partial charge in [0.05, 0.1) is 55.3 Å². The number of aromatic amines is 3. The van der Waals surface area contributed by atoms with Crippen LogP contribution in [0.25, 0.3) is 235 Å². The smallest absolute Gasteiger partial charge is 0.0544 e. The highest BCUT2D eigenvalue weighted by Gasteiger charge is 2.23. The Balaban J connectivity index is 0.000000101. The lowest BCUT2D eigenvalue weighted by molar-refractivity contribution is 1.18. The molecule has 0 saturated heterocycles. The van der Waals surface area contributed by atoms with Gasteiger partial charge in [-0.25, -0.2) is 0 Å². The second kappa shape index (κ2) is 27.0. The zero-order chi connectivity index (χ0) is 77.5. The summed E-state index contributed by atoms with van der Waals surface area (Å²) in [5.41, 5.74) is 28.0. The molecule has 0 unspecified atom stereocenters. The van der Waals surface area contributed by atoms with Gasteiger partial charge in [-0.05, 0) is 187 Å². The molecule has 0 aliphatic rings. The van der Waals surface area contributed by atoms with Crippen molar-refractivity contribution in [3.8, 4) is 61.6 Å². The van der Waals surface area contributed by atoms with Crippen LogP contribution in [-0.2, 0) is 0 Å². The van der Waals surface area contributed by atoms with E-state index in [2.05, 4.69) is 447 Å². The molecule has 0 fully saturated rings. The van der Waals surface area contributed by atoms with E-state index in [0.717, 1.165) is 0 Å². The van der Waals surface area contributed by atoms with Crippen LogP contribution >= 0.6 is 0 Å². The number of benzene rings is 20. The number of hydrogen-bond donors (Lipinski definition) is 3. The average Bonchev–Trinajstić information content (AvgIpc) is 1.57.